The van der Waals surface area contributed by atoms with Gasteiger partial charge in [0.2, 0.25) is 0 Å². The summed E-state index contributed by atoms with van der Waals surface area (Å²) in [5, 5.41) is 0. The second-order valence-corrected chi connectivity index (χ2v) is 11.7. The van der Waals surface area contributed by atoms with Crippen LogP contribution >= 0.6 is 0 Å². The lowest BCUT2D eigenvalue weighted by Crippen LogP contribution is -2.18. The van der Waals surface area contributed by atoms with Crippen LogP contribution in [-0.2, 0) is 17.6 Å². The molecule has 0 aliphatic heterocycles. The van der Waals surface area contributed by atoms with Crippen molar-refractivity contribution >= 4 is 0 Å². The van der Waals surface area contributed by atoms with E-state index in [1.165, 1.54) is 88.3 Å². The highest BCUT2D eigenvalue weighted by molar-refractivity contribution is 5.65. The van der Waals surface area contributed by atoms with Crippen molar-refractivity contribution < 1.29 is 13.5 Å². The Morgan fingerprint density at radius 2 is 1.25 bits per heavy atom. The van der Waals surface area contributed by atoms with Gasteiger partial charge in [-0.05, 0) is 91.0 Å². The zero-order valence-corrected chi connectivity index (χ0v) is 22.5. The molecule has 4 rings (SSSR count). The van der Waals surface area contributed by atoms with Crippen LogP contribution < -0.4 is 0 Å². The molecule has 0 N–H and O–H groups in total. The van der Waals surface area contributed by atoms with Crippen molar-refractivity contribution in [2.24, 2.45) is 23.7 Å². The van der Waals surface area contributed by atoms with Gasteiger partial charge in [0.05, 0.1) is 0 Å². The summed E-state index contributed by atoms with van der Waals surface area (Å²) in [6.07, 6.45) is 16.8. The maximum Gasteiger partial charge on any atom is 0.131 e. The maximum absolute atomic E-state index is 15.0. The molecular weight excluding hydrogens is 450 g/mol. The van der Waals surface area contributed by atoms with Gasteiger partial charge in [-0.2, -0.15) is 0 Å². The highest BCUT2D eigenvalue weighted by atomic mass is 19.1. The molecule has 36 heavy (non-hydrogen) atoms. The average Bonchev–Trinajstić information content (AvgIpc) is 2.90. The van der Waals surface area contributed by atoms with Crippen molar-refractivity contribution in [3.63, 3.8) is 0 Å². The Balaban J connectivity index is 1.27. The highest BCUT2D eigenvalue weighted by Gasteiger charge is 2.22. The van der Waals surface area contributed by atoms with Gasteiger partial charge in [-0.25, -0.2) is 8.78 Å². The van der Waals surface area contributed by atoms with Gasteiger partial charge >= 0.3 is 0 Å². The van der Waals surface area contributed by atoms with Crippen LogP contribution in [0.15, 0.2) is 36.4 Å². The molecule has 0 aromatic heterocycles. The van der Waals surface area contributed by atoms with Gasteiger partial charge in [-0.15, -0.1) is 0 Å². The predicted octanol–water partition coefficient (Wildman–Crippen LogP) is 9.56. The van der Waals surface area contributed by atoms with Crippen LogP contribution in [0.3, 0.4) is 0 Å². The summed E-state index contributed by atoms with van der Waals surface area (Å²) in [5.41, 5.74) is 2.95. The van der Waals surface area contributed by atoms with Crippen LogP contribution in [0.1, 0.15) is 95.1 Å². The van der Waals surface area contributed by atoms with Crippen LogP contribution in [0.4, 0.5) is 8.78 Å². The van der Waals surface area contributed by atoms with Crippen molar-refractivity contribution in [1.82, 2.24) is 0 Å². The molecular formula is C33H46F2O. The SMILES string of the molecule is CCCC1CCC(CCc2ccc(-c3cc(F)c(CCC4CCC(COC)CC4)cc3F)cc2)CC1. The van der Waals surface area contributed by atoms with Crippen LogP contribution in [0.2, 0.25) is 0 Å². The van der Waals surface area contributed by atoms with E-state index < -0.39 is 0 Å². The van der Waals surface area contributed by atoms with E-state index in [9.17, 15) is 4.39 Å². The summed E-state index contributed by atoms with van der Waals surface area (Å²) in [5.74, 6) is 2.48. The summed E-state index contributed by atoms with van der Waals surface area (Å²) in [4.78, 5) is 0. The maximum atomic E-state index is 15.0. The quantitative estimate of drug-likeness (QED) is 0.301. The van der Waals surface area contributed by atoms with Gasteiger partial charge in [0, 0.05) is 19.3 Å². The molecule has 198 valence electrons. The second-order valence-electron chi connectivity index (χ2n) is 11.7. The van der Waals surface area contributed by atoms with Crippen LogP contribution in [0.25, 0.3) is 11.1 Å². The Labute approximate surface area is 218 Å². The van der Waals surface area contributed by atoms with E-state index in [0.717, 1.165) is 36.8 Å². The number of methoxy groups -OCH3 is 1. The molecule has 0 saturated heterocycles. The molecule has 2 aromatic carbocycles. The lowest BCUT2D eigenvalue weighted by atomic mass is 9.78. The normalized spacial score (nSPS) is 24.7. The molecule has 0 atom stereocenters. The monoisotopic (exact) mass is 496 g/mol. The average molecular weight is 497 g/mol. The zero-order chi connectivity index (χ0) is 25.3. The lowest BCUT2D eigenvalue weighted by molar-refractivity contribution is 0.117. The number of aryl methyl sites for hydroxylation is 2. The van der Waals surface area contributed by atoms with Crippen molar-refractivity contribution in [3.05, 3.63) is 59.2 Å². The molecule has 2 aromatic rings. The Kier molecular flexibility index (Phi) is 10.4. The van der Waals surface area contributed by atoms with E-state index in [0.29, 0.717) is 29.4 Å². The Hall–Kier alpha value is -1.74. The van der Waals surface area contributed by atoms with Gasteiger partial charge in [-0.1, -0.05) is 82.6 Å². The molecule has 3 heteroatoms. The number of hydrogen-bond donors (Lipinski definition) is 0. The summed E-state index contributed by atoms with van der Waals surface area (Å²) >= 11 is 0. The van der Waals surface area contributed by atoms with Crippen molar-refractivity contribution in [2.75, 3.05) is 13.7 Å². The van der Waals surface area contributed by atoms with E-state index in [-0.39, 0.29) is 11.6 Å². The summed E-state index contributed by atoms with van der Waals surface area (Å²) in [7, 11) is 1.77. The van der Waals surface area contributed by atoms with E-state index >= 15 is 4.39 Å². The minimum atomic E-state index is -0.313. The van der Waals surface area contributed by atoms with Crippen molar-refractivity contribution in [2.45, 2.75) is 96.8 Å². The molecule has 0 unspecified atom stereocenters. The Morgan fingerprint density at radius 3 is 1.83 bits per heavy atom. The van der Waals surface area contributed by atoms with E-state index in [1.807, 2.05) is 12.1 Å². The molecule has 2 aliphatic rings. The highest BCUT2D eigenvalue weighted by Crippen LogP contribution is 2.35. The fraction of sp³-hybridized carbons (Fsp3) is 0.636. The fourth-order valence-electron chi connectivity index (χ4n) is 6.72. The van der Waals surface area contributed by atoms with Crippen LogP contribution in [0.5, 0.6) is 0 Å². The standard InChI is InChI=1S/C33H46F2O/c1-3-4-24-5-7-25(8-6-24)9-10-27-15-18-29(19-16-27)31-22-32(34)30(21-33(31)35)20-17-26-11-13-28(14-12-26)23-36-2/h15-16,18-19,21-22,24-26,28H,3-14,17,20,23H2,1-2H3. The Morgan fingerprint density at radius 1 is 0.694 bits per heavy atom. The number of benzene rings is 2. The zero-order valence-electron chi connectivity index (χ0n) is 22.5. The topological polar surface area (TPSA) is 9.23 Å². The predicted molar refractivity (Wildman–Crippen MR) is 146 cm³/mol. The third-order valence-corrected chi connectivity index (χ3v) is 9.10. The molecule has 2 saturated carbocycles. The third-order valence-electron chi connectivity index (χ3n) is 9.10. The minimum absolute atomic E-state index is 0.276. The Bertz CT molecular complexity index is 921. The number of rotatable bonds is 11. The summed E-state index contributed by atoms with van der Waals surface area (Å²) in [6, 6.07) is 11.0. The molecule has 2 fully saturated rings. The number of halogens is 2. The van der Waals surface area contributed by atoms with Crippen LogP contribution in [0, 0.1) is 35.3 Å². The number of hydrogen-bond acceptors (Lipinski definition) is 1. The van der Waals surface area contributed by atoms with Crippen LogP contribution in [-0.4, -0.2) is 13.7 Å². The van der Waals surface area contributed by atoms with E-state index in [1.54, 1.807) is 7.11 Å². The molecule has 0 heterocycles. The first kappa shape index (κ1) is 27.3. The fourth-order valence-corrected chi connectivity index (χ4v) is 6.72. The van der Waals surface area contributed by atoms with Gasteiger partial charge in [0.25, 0.3) is 0 Å². The molecule has 0 radical (unpaired) electrons. The third kappa shape index (κ3) is 7.63. The van der Waals surface area contributed by atoms with Gasteiger partial charge < -0.3 is 4.74 Å². The molecule has 0 amide bonds. The van der Waals surface area contributed by atoms with Crippen molar-refractivity contribution in [1.29, 1.82) is 0 Å². The first-order chi connectivity index (χ1) is 17.6. The molecule has 2 aliphatic carbocycles. The first-order valence-electron chi connectivity index (χ1n) is 14.6. The largest absolute Gasteiger partial charge is 0.384 e. The second kappa shape index (κ2) is 13.7. The minimum Gasteiger partial charge on any atom is -0.384 e. The number of ether oxygens (including phenoxy) is 1. The molecule has 1 nitrogen and oxygen atoms in total. The van der Waals surface area contributed by atoms with Gasteiger partial charge in [0.15, 0.2) is 0 Å². The summed E-state index contributed by atoms with van der Waals surface area (Å²) < 4.78 is 35.2. The smallest absolute Gasteiger partial charge is 0.131 e. The van der Waals surface area contributed by atoms with Gasteiger partial charge in [0.1, 0.15) is 11.6 Å². The summed E-state index contributed by atoms with van der Waals surface area (Å²) in [6.45, 7) is 3.14. The van der Waals surface area contributed by atoms with E-state index in [4.69, 9.17) is 4.74 Å². The van der Waals surface area contributed by atoms with Gasteiger partial charge in [-0.3, -0.25) is 0 Å². The van der Waals surface area contributed by atoms with E-state index in [2.05, 4.69) is 19.1 Å². The van der Waals surface area contributed by atoms with Crippen molar-refractivity contribution in [3.8, 4) is 11.1 Å². The lowest BCUT2D eigenvalue weighted by Gasteiger charge is -2.28. The molecule has 0 bridgehead atoms. The first-order valence-corrected chi connectivity index (χ1v) is 14.6. The molecule has 0 spiro atoms.